The summed E-state index contributed by atoms with van der Waals surface area (Å²) in [5, 5.41) is 6.95. The number of amides is 2. The smallest absolute Gasteiger partial charge is 0.257 e. The zero-order valence-electron chi connectivity index (χ0n) is 23.7. The first-order valence-corrected chi connectivity index (χ1v) is 15.9. The number of halogens is 3. The number of nitrogens with two attached hydrogens (primary N) is 1. The van der Waals surface area contributed by atoms with Gasteiger partial charge in [-0.25, -0.2) is 36.1 Å². The zero-order chi connectivity index (χ0) is 31.4. The fraction of sp³-hybridized carbons (Fsp3) is 0.519. The first-order chi connectivity index (χ1) is 20.8. The van der Waals surface area contributed by atoms with Gasteiger partial charge >= 0.3 is 0 Å². The summed E-state index contributed by atoms with van der Waals surface area (Å²) in [6, 6.07) is 2.28. The molecule has 0 unspecified atom stereocenters. The Morgan fingerprint density at radius 2 is 1.89 bits per heavy atom. The predicted octanol–water partition coefficient (Wildman–Crippen LogP) is 0.937. The zero-order valence-corrected chi connectivity index (χ0v) is 24.6. The molecule has 44 heavy (non-hydrogen) atoms. The lowest BCUT2D eigenvalue weighted by molar-refractivity contribution is -0.159. The molecule has 6 rings (SSSR count). The van der Waals surface area contributed by atoms with Crippen molar-refractivity contribution in [1.29, 1.82) is 0 Å². The molecule has 2 aliphatic heterocycles. The van der Waals surface area contributed by atoms with Gasteiger partial charge in [-0.1, -0.05) is 0 Å². The average Bonchev–Trinajstić information content (AvgIpc) is 3.52. The van der Waals surface area contributed by atoms with Gasteiger partial charge in [0.25, 0.3) is 5.91 Å². The van der Waals surface area contributed by atoms with Gasteiger partial charge in [0.05, 0.1) is 36.9 Å². The fourth-order valence-electron chi connectivity index (χ4n) is 5.96. The number of rotatable bonds is 7. The summed E-state index contributed by atoms with van der Waals surface area (Å²) in [5.41, 5.74) is 8.48. The Labute approximate surface area is 250 Å². The number of sulfone groups is 1. The minimum atomic E-state index is -3.07. The number of aromatic nitrogens is 4. The largest absolute Gasteiger partial charge is 0.480 e. The van der Waals surface area contributed by atoms with E-state index >= 15 is 0 Å². The van der Waals surface area contributed by atoms with Crippen molar-refractivity contribution >= 4 is 33.0 Å². The van der Waals surface area contributed by atoms with E-state index in [2.05, 4.69) is 20.4 Å². The van der Waals surface area contributed by atoms with Crippen molar-refractivity contribution in [2.75, 3.05) is 50.5 Å². The first kappa shape index (κ1) is 30.1. The number of methoxy groups -OCH3 is 1. The van der Waals surface area contributed by atoms with Gasteiger partial charge < -0.3 is 20.7 Å². The lowest BCUT2D eigenvalue weighted by Crippen LogP contribution is -2.47. The van der Waals surface area contributed by atoms with E-state index in [1.165, 1.54) is 30.6 Å². The Morgan fingerprint density at radius 1 is 1.16 bits per heavy atom. The van der Waals surface area contributed by atoms with E-state index in [-0.39, 0.29) is 41.9 Å². The highest BCUT2D eigenvalue weighted by Gasteiger charge is 2.51. The number of nitrogens with one attached hydrogen (secondary N) is 1. The summed E-state index contributed by atoms with van der Waals surface area (Å²) in [7, 11) is -1.73. The Hall–Kier alpha value is -3.99. The molecule has 2 atom stereocenters. The van der Waals surface area contributed by atoms with Crippen molar-refractivity contribution in [2.24, 2.45) is 5.92 Å². The molecule has 3 fully saturated rings. The number of pyridine rings is 1. The van der Waals surface area contributed by atoms with Gasteiger partial charge in [-0.2, -0.15) is 5.10 Å². The van der Waals surface area contributed by atoms with Crippen molar-refractivity contribution < 1.29 is 35.9 Å². The van der Waals surface area contributed by atoms with Crippen LogP contribution in [0, 0.1) is 5.92 Å². The summed E-state index contributed by atoms with van der Waals surface area (Å²) in [4.78, 5) is 37.5. The van der Waals surface area contributed by atoms with Crippen molar-refractivity contribution in [3.05, 3.63) is 35.8 Å². The topological polar surface area (TPSA) is 165 Å². The summed E-state index contributed by atoms with van der Waals surface area (Å²) in [6.45, 7) is 0.669. The van der Waals surface area contributed by atoms with Crippen LogP contribution in [0.2, 0.25) is 0 Å². The van der Waals surface area contributed by atoms with E-state index in [9.17, 15) is 31.2 Å². The van der Waals surface area contributed by atoms with Crippen LogP contribution in [0.15, 0.2) is 24.7 Å². The molecule has 1 aliphatic carbocycles. The molecule has 2 saturated heterocycles. The highest BCUT2D eigenvalue weighted by Crippen LogP contribution is 2.43. The van der Waals surface area contributed by atoms with Crippen LogP contribution in [0.25, 0.3) is 16.8 Å². The molecule has 2 amide bonds. The van der Waals surface area contributed by atoms with E-state index in [0.717, 1.165) is 5.56 Å². The van der Waals surface area contributed by atoms with Crippen LogP contribution in [0.5, 0.6) is 5.88 Å². The fourth-order valence-corrected chi connectivity index (χ4v) is 7.23. The molecule has 3 aromatic heterocycles. The standard InChI is InChI=1S/C27H31F3N8O5S/c1-43-25-18(24(39)35-20-13-37(12-19(20)28)26(40)17-8-27(29,30)9-17)6-15(10-32-25)21-7-16(22-23(31)33-14-34-38(21)22)11-36-2-4-44(41,42)5-3-36/h6-7,10,14,17,19-20H,2-5,8-9,11-13H2,1H3,(H,35,39)(H2,31,33,34)/t19-,20+/m0/s1. The van der Waals surface area contributed by atoms with Crippen molar-refractivity contribution in [1.82, 2.24) is 34.7 Å². The molecule has 0 radical (unpaired) electrons. The maximum Gasteiger partial charge on any atom is 0.257 e. The molecule has 0 bridgehead atoms. The monoisotopic (exact) mass is 636 g/mol. The van der Waals surface area contributed by atoms with E-state index in [0.29, 0.717) is 36.4 Å². The molecule has 3 aromatic rings. The Kier molecular flexibility index (Phi) is 7.63. The minimum absolute atomic E-state index is 0.000349. The lowest BCUT2D eigenvalue weighted by atomic mass is 9.80. The third kappa shape index (κ3) is 5.77. The van der Waals surface area contributed by atoms with Gasteiger partial charge in [0.15, 0.2) is 15.7 Å². The Bertz CT molecular complexity index is 1710. The number of hydrogen-bond acceptors (Lipinski definition) is 10. The van der Waals surface area contributed by atoms with Gasteiger partial charge in [0, 0.05) is 56.7 Å². The van der Waals surface area contributed by atoms with E-state index in [4.69, 9.17) is 10.5 Å². The van der Waals surface area contributed by atoms with E-state index in [1.54, 1.807) is 4.52 Å². The van der Waals surface area contributed by atoms with Gasteiger partial charge in [0.1, 0.15) is 23.6 Å². The second-order valence-electron chi connectivity index (χ2n) is 11.5. The number of nitrogens with zero attached hydrogens (tertiary/aromatic N) is 6. The Balaban J connectivity index is 1.24. The number of nitrogen functional groups attached to an aromatic ring is 1. The molecule has 13 nitrogen and oxygen atoms in total. The molecule has 3 aliphatic rings. The molecular weight excluding hydrogens is 605 g/mol. The highest BCUT2D eigenvalue weighted by molar-refractivity contribution is 7.91. The van der Waals surface area contributed by atoms with Crippen molar-refractivity contribution in [3.63, 3.8) is 0 Å². The van der Waals surface area contributed by atoms with Crippen LogP contribution < -0.4 is 15.8 Å². The number of carbonyl (C=O) groups is 2. The van der Waals surface area contributed by atoms with E-state index < -0.39 is 58.5 Å². The summed E-state index contributed by atoms with van der Waals surface area (Å²) < 4.78 is 72.1. The third-order valence-corrected chi connectivity index (χ3v) is 10.0. The van der Waals surface area contributed by atoms with Gasteiger partial charge in [0.2, 0.25) is 17.7 Å². The molecule has 0 spiro atoms. The second-order valence-corrected chi connectivity index (χ2v) is 13.8. The predicted molar refractivity (Wildman–Crippen MR) is 152 cm³/mol. The highest BCUT2D eigenvalue weighted by atomic mass is 32.2. The minimum Gasteiger partial charge on any atom is -0.480 e. The summed E-state index contributed by atoms with van der Waals surface area (Å²) in [5.74, 6) is -4.66. The number of ether oxygens (including phenoxy) is 1. The molecular formula is C27H31F3N8O5S. The van der Waals surface area contributed by atoms with Gasteiger partial charge in [-0.15, -0.1) is 0 Å². The molecule has 5 heterocycles. The van der Waals surface area contributed by atoms with Crippen molar-refractivity contribution in [2.45, 2.75) is 37.5 Å². The maximum absolute atomic E-state index is 14.9. The summed E-state index contributed by atoms with van der Waals surface area (Å²) >= 11 is 0. The molecule has 17 heteroatoms. The molecule has 236 valence electrons. The first-order valence-electron chi connectivity index (χ1n) is 14.0. The van der Waals surface area contributed by atoms with Gasteiger partial charge in [-0.3, -0.25) is 14.5 Å². The molecule has 0 aromatic carbocycles. The van der Waals surface area contributed by atoms with Crippen LogP contribution in [-0.2, 0) is 21.2 Å². The number of likely N-dealkylation sites (tertiary alicyclic amines) is 1. The summed E-state index contributed by atoms with van der Waals surface area (Å²) in [6.07, 6.45) is 0.0616. The third-order valence-electron chi connectivity index (χ3n) is 8.39. The number of fused-ring (bicyclic) bond motifs is 1. The van der Waals surface area contributed by atoms with Crippen molar-refractivity contribution in [3.8, 4) is 17.1 Å². The van der Waals surface area contributed by atoms with Crippen LogP contribution in [0.3, 0.4) is 0 Å². The number of carbonyl (C=O) groups excluding carboxylic acids is 2. The normalized spacial score (nSPS) is 23.4. The van der Waals surface area contributed by atoms with Crippen LogP contribution in [0.4, 0.5) is 19.0 Å². The van der Waals surface area contributed by atoms with Crippen LogP contribution >= 0.6 is 0 Å². The second kappa shape index (κ2) is 11.2. The van der Waals surface area contributed by atoms with E-state index in [1.807, 2.05) is 11.0 Å². The average molecular weight is 637 g/mol. The lowest BCUT2D eigenvalue weighted by Gasteiger charge is -2.36. The Morgan fingerprint density at radius 3 is 2.57 bits per heavy atom. The number of hydrogen-bond donors (Lipinski definition) is 2. The number of anilines is 1. The maximum atomic E-state index is 14.9. The number of alkyl halides is 3. The SMILES string of the molecule is COc1ncc(-c2cc(CN3CCS(=O)(=O)CC3)c3c(N)ncnn23)cc1C(=O)N[C@@H]1CN(C(=O)C2CC(F)(F)C2)C[C@@H]1F. The molecule has 1 saturated carbocycles. The van der Waals surface area contributed by atoms with Crippen LogP contribution in [-0.4, -0.2) is 113 Å². The van der Waals surface area contributed by atoms with Gasteiger partial charge in [-0.05, 0) is 17.7 Å². The van der Waals surface area contributed by atoms with Crippen LogP contribution in [0.1, 0.15) is 28.8 Å². The quantitative estimate of drug-likeness (QED) is 0.381. The molecule has 3 N–H and O–H groups in total.